The highest BCUT2D eigenvalue weighted by Crippen LogP contribution is 2.13. The van der Waals surface area contributed by atoms with Gasteiger partial charge in [0.25, 0.3) is 0 Å². The first-order valence-corrected chi connectivity index (χ1v) is 17.3. The summed E-state index contributed by atoms with van der Waals surface area (Å²) in [6, 6.07) is -6.85. The van der Waals surface area contributed by atoms with E-state index in [2.05, 4.69) is 44.5 Å². The SMILES string of the molecule is CSCCC(NC=O)C(=O)NC(CC(=O)O)C(=O)NCC(=O)NC(CS)C(=O)NC(CCC(=O)O)C(=O)NC(CC(C)C)C(=O)O.O=C(O)C(F)(F)F. The summed E-state index contributed by atoms with van der Waals surface area (Å²) in [4.78, 5) is 117. The molecule has 0 saturated heterocycles. The summed E-state index contributed by atoms with van der Waals surface area (Å²) < 4.78 is 31.7. The molecule has 5 unspecified atom stereocenters. The van der Waals surface area contributed by atoms with Crippen molar-refractivity contribution < 1.29 is 81.5 Å². The third kappa shape index (κ3) is 23.4. The molecule has 20 nitrogen and oxygen atoms in total. The van der Waals surface area contributed by atoms with E-state index in [0.29, 0.717) is 5.75 Å². The minimum Gasteiger partial charge on any atom is -0.481 e. The van der Waals surface area contributed by atoms with Gasteiger partial charge in [-0.2, -0.15) is 37.6 Å². The average Bonchev–Trinajstić information content (AvgIpc) is 3.04. The first kappa shape index (κ1) is 50.3. The van der Waals surface area contributed by atoms with E-state index in [9.17, 15) is 66.5 Å². The molecule has 25 heteroatoms. The molecular weight excluding hydrogens is 765 g/mol. The Morgan fingerprint density at radius 1 is 0.736 bits per heavy atom. The van der Waals surface area contributed by atoms with Crippen LogP contribution in [0, 0.1) is 5.92 Å². The Morgan fingerprint density at radius 3 is 1.68 bits per heavy atom. The van der Waals surface area contributed by atoms with E-state index in [-0.39, 0.29) is 30.9 Å². The molecule has 0 aliphatic heterocycles. The number of hydrogen-bond donors (Lipinski definition) is 11. The Hall–Kier alpha value is -4.81. The predicted molar refractivity (Wildman–Crippen MR) is 180 cm³/mol. The van der Waals surface area contributed by atoms with E-state index in [1.165, 1.54) is 11.8 Å². The molecule has 0 aliphatic rings. The summed E-state index contributed by atoms with van der Waals surface area (Å²) in [5.41, 5.74) is 0. The smallest absolute Gasteiger partial charge is 0.481 e. The first-order valence-electron chi connectivity index (χ1n) is 15.2. The number of thiol groups is 1. The molecule has 302 valence electrons. The second kappa shape index (κ2) is 26.0. The zero-order chi connectivity index (χ0) is 41.5. The quantitative estimate of drug-likeness (QED) is 0.0369. The number of thioether (sulfide) groups is 1. The van der Waals surface area contributed by atoms with Crippen LogP contribution in [0.3, 0.4) is 0 Å². The third-order valence-corrected chi connectivity index (χ3v) is 7.32. The van der Waals surface area contributed by atoms with Crippen molar-refractivity contribution >= 4 is 84.2 Å². The van der Waals surface area contributed by atoms with Gasteiger partial charge in [-0.1, -0.05) is 13.8 Å². The number of carboxylic acid groups (broad SMARTS) is 4. The van der Waals surface area contributed by atoms with Crippen molar-refractivity contribution in [1.29, 1.82) is 0 Å². The summed E-state index contributed by atoms with van der Waals surface area (Å²) in [7, 11) is 0. The fourth-order valence-electron chi connectivity index (χ4n) is 3.77. The summed E-state index contributed by atoms with van der Waals surface area (Å²) >= 11 is 5.39. The van der Waals surface area contributed by atoms with Crippen molar-refractivity contribution in [3.63, 3.8) is 0 Å². The van der Waals surface area contributed by atoms with E-state index in [1.807, 2.05) is 0 Å². The van der Waals surface area contributed by atoms with Gasteiger partial charge in [0, 0.05) is 12.2 Å². The number of carbonyl (C=O) groups excluding carboxylic acids is 6. The second-order valence-electron chi connectivity index (χ2n) is 11.1. The van der Waals surface area contributed by atoms with Crippen LogP contribution in [-0.2, 0) is 47.9 Å². The number of rotatable bonds is 24. The molecule has 53 heavy (non-hydrogen) atoms. The van der Waals surface area contributed by atoms with Gasteiger partial charge < -0.3 is 52.3 Å². The van der Waals surface area contributed by atoms with Crippen LogP contribution < -0.4 is 31.9 Å². The van der Waals surface area contributed by atoms with E-state index >= 15 is 0 Å². The van der Waals surface area contributed by atoms with Crippen LogP contribution in [0.15, 0.2) is 0 Å². The molecule has 0 aromatic carbocycles. The molecule has 5 atom stereocenters. The number of alkyl halides is 3. The van der Waals surface area contributed by atoms with Crippen molar-refractivity contribution in [2.24, 2.45) is 5.92 Å². The zero-order valence-electron chi connectivity index (χ0n) is 28.6. The number of aliphatic carboxylic acids is 4. The number of amides is 6. The number of carboxylic acids is 4. The van der Waals surface area contributed by atoms with Gasteiger partial charge in [0.2, 0.25) is 35.9 Å². The van der Waals surface area contributed by atoms with E-state index < -0.39 is 116 Å². The standard InChI is InChI=1S/C26H42N6O12S2.C2HF3O2/c1-13(2)8-17(26(43)44)32-24(41)15(4-5-20(35)36)30-25(42)18(11-45)29-19(34)10-27-22(39)16(9-21(37)38)31-23(40)14(28-12-33)6-7-46-3;3-2(4,5)1(6)7/h12-18,45H,4-11H2,1-3H3,(H,27,39)(H,28,33)(H,29,34)(H,30,42)(H,31,40)(H,32,41)(H,35,36)(H,37,38)(H,43,44);(H,6,7). The summed E-state index contributed by atoms with van der Waals surface area (Å²) in [6.07, 6.45) is -4.58. The van der Waals surface area contributed by atoms with Crippen LogP contribution in [0.5, 0.6) is 0 Å². The lowest BCUT2D eigenvalue weighted by Crippen LogP contribution is -2.57. The molecule has 0 rings (SSSR count). The van der Waals surface area contributed by atoms with Gasteiger partial charge >= 0.3 is 30.1 Å². The maximum atomic E-state index is 12.9. The van der Waals surface area contributed by atoms with Crippen LogP contribution in [0.4, 0.5) is 13.2 Å². The highest BCUT2D eigenvalue weighted by molar-refractivity contribution is 7.98. The lowest BCUT2D eigenvalue weighted by molar-refractivity contribution is -0.192. The highest BCUT2D eigenvalue weighted by atomic mass is 32.2. The van der Waals surface area contributed by atoms with Crippen molar-refractivity contribution in [2.75, 3.05) is 24.3 Å². The molecule has 0 aromatic heterocycles. The average molecular weight is 809 g/mol. The topological polar surface area (TPSA) is 324 Å². The molecule has 0 aromatic rings. The molecule has 6 amide bonds. The lowest BCUT2D eigenvalue weighted by atomic mass is 10.0. The van der Waals surface area contributed by atoms with Gasteiger partial charge in [-0.3, -0.25) is 38.4 Å². The number of carbonyl (C=O) groups is 10. The van der Waals surface area contributed by atoms with Crippen LogP contribution in [0.1, 0.15) is 46.0 Å². The molecule has 0 saturated carbocycles. The van der Waals surface area contributed by atoms with Crippen LogP contribution in [-0.4, -0.2) is 141 Å². The molecule has 10 N–H and O–H groups in total. The molecule has 0 heterocycles. The Labute approximate surface area is 309 Å². The van der Waals surface area contributed by atoms with Gasteiger partial charge in [-0.15, -0.1) is 0 Å². The Balaban J connectivity index is 0. The van der Waals surface area contributed by atoms with Crippen molar-refractivity contribution in [1.82, 2.24) is 31.9 Å². The lowest BCUT2D eigenvalue weighted by Gasteiger charge is -2.24. The fourth-order valence-corrected chi connectivity index (χ4v) is 4.50. The van der Waals surface area contributed by atoms with Gasteiger partial charge in [-0.05, 0) is 37.2 Å². The largest absolute Gasteiger partial charge is 0.490 e. The van der Waals surface area contributed by atoms with Gasteiger partial charge in [0.15, 0.2) is 0 Å². The fraction of sp³-hybridized carbons (Fsp3) is 0.643. The molecule has 0 spiro atoms. The first-order chi connectivity index (χ1) is 24.5. The van der Waals surface area contributed by atoms with Gasteiger partial charge in [0.1, 0.15) is 30.2 Å². The second-order valence-corrected chi connectivity index (χ2v) is 12.5. The molecule has 0 bridgehead atoms. The Bertz CT molecular complexity index is 1310. The normalized spacial score (nSPS) is 13.6. The van der Waals surface area contributed by atoms with Crippen LogP contribution in [0.25, 0.3) is 0 Å². The van der Waals surface area contributed by atoms with Crippen LogP contribution >= 0.6 is 24.4 Å². The number of hydrogen-bond acceptors (Lipinski definition) is 12. The maximum Gasteiger partial charge on any atom is 0.490 e. The highest BCUT2D eigenvalue weighted by Gasteiger charge is 2.38. The Morgan fingerprint density at radius 2 is 1.25 bits per heavy atom. The Kier molecular flexibility index (Phi) is 24.7. The predicted octanol–water partition coefficient (Wildman–Crippen LogP) is -2.06. The molecule has 0 fully saturated rings. The van der Waals surface area contributed by atoms with Crippen molar-refractivity contribution in [3.05, 3.63) is 0 Å². The minimum atomic E-state index is -5.08. The van der Waals surface area contributed by atoms with Crippen molar-refractivity contribution in [3.8, 4) is 0 Å². The van der Waals surface area contributed by atoms with Crippen molar-refractivity contribution in [2.45, 2.75) is 82.3 Å². The van der Waals surface area contributed by atoms with E-state index in [0.717, 1.165) is 0 Å². The van der Waals surface area contributed by atoms with E-state index in [4.69, 9.17) is 15.0 Å². The molecule has 0 aliphatic carbocycles. The monoisotopic (exact) mass is 808 g/mol. The summed E-state index contributed by atoms with van der Waals surface area (Å²) in [5.74, 6) is -11.5. The maximum absolute atomic E-state index is 12.9. The number of nitrogens with one attached hydrogen (secondary N) is 6. The zero-order valence-corrected chi connectivity index (χ0v) is 30.3. The van der Waals surface area contributed by atoms with Gasteiger partial charge in [-0.25, -0.2) is 9.59 Å². The minimum absolute atomic E-state index is 0.0624. The summed E-state index contributed by atoms with van der Waals surface area (Å²) in [6.45, 7) is 2.68. The molecule has 0 radical (unpaired) electrons. The molecular formula is C28H43F3N6O14S2. The summed E-state index contributed by atoms with van der Waals surface area (Å²) in [5, 5.41) is 48.3. The number of halogens is 3. The van der Waals surface area contributed by atoms with E-state index in [1.54, 1.807) is 20.1 Å². The van der Waals surface area contributed by atoms with Crippen LogP contribution in [0.2, 0.25) is 0 Å². The van der Waals surface area contributed by atoms with Gasteiger partial charge in [0.05, 0.1) is 13.0 Å². The third-order valence-electron chi connectivity index (χ3n) is 6.31.